The lowest BCUT2D eigenvalue weighted by molar-refractivity contribution is 0.855. The van der Waals surface area contributed by atoms with E-state index in [9.17, 15) is 0 Å². The van der Waals surface area contributed by atoms with Crippen LogP contribution < -0.4 is 0 Å². The van der Waals surface area contributed by atoms with Crippen LogP contribution in [0, 0.1) is 0 Å². The number of hydrogen-bond donors (Lipinski definition) is 1. The second-order valence-corrected chi connectivity index (χ2v) is 11.2. The molecule has 1 N–H and O–H groups in total. The van der Waals surface area contributed by atoms with Crippen molar-refractivity contribution in [2.24, 2.45) is 0 Å². The van der Waals surface area contributed by atoms with Crippen molar-refractivity contribution in [3.63, 3.8) is 0 Å². The minimum Gasteiger partial charge on any atom is -0.354 e. The number of nitrogens with one attached hydrogen (secondary N) is 1. The SMILES string of the molecule is Brc1cccc2[nH]c3cccc(-c4ccc5c(c4)c4cc(C6C=CC=CC6)ccc4n5-c4ccccc4)c3c12. The minimum absolute atomic E-state index is 0.412. The zero-order valence-corrected chi connectivity index (χ0v) is 22.8. The molecule has 0 saturated heterocycles. The molecule has 186 valence electrons. The second-order valence-electron chi connectivity index (χ2n) is 10.4. The summed E-state index contributed by atoms with van der Waals surface area (Å²) in [5.74, 6) is 0.412. The van der Waals surface area contributed by atoms with E-state index in [0.29, 0.717) is 5.92 Å². The van der Waals surface area contributed by atoms with Crippen LogP contribution in [-0.4, -0.2) is 9.55 Å². The van der Waals surface area contributed by atoms with Gasteiger partial charge >= 0.3 is 0 Å². The molecule has 2 nitrogen and oxygen atoms in total. The standard InChI is InChI=1S/C36H25BrN2/c37-30-14-8-16-32-36(30)35-27(13-7-15-31(35)38-32)25-18-20-34-29(22-25)28-21-24(23-9-3-1-4-10-23)17-19-33(28)39(34)26-11-5-2-6-12-26/h1-9,11-23,38H,10H2. The highest BCUT2D eigenvalue weighted by atomic mass is 79.9. The molecule has 1 unspecified atom stereocenters. The van der Waals surface area contributed by atoms with Gasteiger partial charge in [0.15, 0.2) is 0 Å². The lowest BCUT2D eigenvalue weighted by atomic mass is 9.91. The number of rotatable bonds is 3. The van der Waals surface area contributed by atoms with Gasteiger partial charge in [0.2, 0.25) is 0 Å². The Morgan fingerprint density at radius 1 is 0.692 bits per heavy atom. The predicted octanol–water partition coefficient (Wildman–Crippen LogP) is 10.4. The molecule has 0 bridgehead atoms. The van der Waals surface area contributed by atoms with Gasteiger partial charge in [-0.3, -0.25) is 0 Å². The fourth-order valence-electron chi connectivity index (χ4n) is 6.32. The Labute approximate surface area is 235 Å². The molecular formula is C36H25BrN2. The zero-order chi connectivity index (χ0) is 25.9. The van der Waals surface area contributed by atoms with E-state index in [1.807, 2.05) is 0 Å². The van der Waals surface area contributed by atoms with E-state index >= 15 is 0 Å². The molecule has 0 aliphatic heterocycles. The maximum Gasteiger partial charge on any atom is 0.0541 e. The molecule has 8 rings (SSSR count). The minimum atomic E-state index is 0.412. The Bertz CT molecular complexity index is 2110. The number of nitrogens with zero attached hydrogens (tertiary/aromatic N) is 1. The number of fused-ring (bicyclic) bond motifs is 6. The fraction of sp³-hybridized carbons (Fsp3) is 0.0556. The number of aromatic amines is 1. The van der Waals surface area contributed by atoms with Gasteiger partial charge in [-0.15, -0.1) is 0 Å². The van der Waals surface area contributed by atoms with Gasteiger partial charge in [0, 0.05) is 48.7 Å². The Kier molecular flexibility index (Phi) is 5.14. The Morgan fingerprint density at radius 3 is 2.28 bits per heavy atom. The number of allylic oxidation sites excluding steroid dienone is 4. The average molecular weight is 566 g/mol. The summed E-state index contributed by atoms with van der Waals surface area (Å²) in [7, 11) is 0. The van der Waals surface area contributed by atoms with Gasteiger partial charge < -0.3 is 9.55 Å². The molecule has 0 spiro atoms. The van der Waals surface area contributed by atoms with Crippen LogP contribution in [0.4, 0.5) is 0 Å². The lowest BCUT2D eigenvalue weighted by Crippen LogP contribution is -1.97. The summed E-state index contributed by atoms with van der Waals surface area (Å²) in [5, 5.41) is 5.06. The number of H-pyrrole nitrogens is 1. The van der Waals surface area contributed by atoms with Gasteiger partial charge in [-0.05, 0) is 77.7 Å². The third kappa shape index (κ3) is 3.54. The van der Waals surface area contributed by atoms with E-state index in [4.69, 9.17) is 0 Å². The van der Waals surface area contributed by atoms with Crippen LogP contribution in [-0.2, 0) is 0 Å². The van der Waals surface area contributed by atoms with Crippen molar-refractivity contribution in [1.82, 2.24) is 9.55 Å². The van der Waals surface area contributed by atoms with Crippen LogP contribution in [0.1, 0.15) is 17.9 Å². The first kappa shape index (κ1) is 22.6. The largest absolute Gasteiger partial charge is 0.354 e. The number of hydrogen-bond acceptors (Lipinski definition) is 0. The van der Waals surface area contributed by atoms with Crippen LogP contribution in [0.2, 0.25) is 0 Å². The predicted molar refractivity (Wildman–Crippen MR) is 169 cm³/mol. The Balaban J connectivity index is 1.42. The van der Waals surface area contributed by atoms with Crippen LogP contribution in [0.5, 0.6) is 0 Å². The van der Waals surface area contributed by atoms with Crippen molar-refractivity contribution < 1.29 is 0 Å². The van der Waals surface area contributed by atoms with Crippen LogP contribution in [0.3, 0.4) is 0 Å². The molecular weight excluding hydrogens is 540 g/mol. The molecule has 1 aliphatic rings. The van der Waals surface area contributed by atoms with Crippen LogP contribution in [0.25, 0.3) is 60.4 Å². The highest BCUT2D eigenvalue weighted by molar-refractivity contribution is 9.10. The summed E-state index contributed by atoms with van der Waals surface area (Å²) in [6.07, 6.45) is 9.94. The van der Waals surface area contributed by atoms with Crippen molar-refractivity contribution in [3.05, 3.63) is 137 Å². The number of halogens is 1. The summed E-state index contributed by atoms with van der Waals surface area (Å²) >= 11 is 3.82. The van der Waals surface area contributed by atoms with E-state index in [1.54, 1.807) is 0 Å². The average Bonchev–Trinajstić information content (AvgIpc) is 3.54. The van der Waals surface area contributed by atoms with Gasteiger partial charge in [-0.2, -0.15) is 0 Å². The molecule has 3 heteroatoms. The topological polar surface area (TPSA) is 20.7 Å². The first-order valence-electron chi connectivity index (χ1n) is 13.4. The highest BCUT2D eigenvalue weighted by Gasteiger charge is 2.18. The molecule has 0 saturated carbocycles. The fourth-order valence-corrected chi connectivity index (χ4v) is 6.88. The molecule has 0 amide bonds. The Hall–Kier alpha value is -4.34. The van der Waals surface area contributed by atoms with Gasteiger partial charge in [-0.1, -0.05) is 88.8 Å². The smallest absolute Gasteiger partial charge is 0.0541 e. The zero-order valence-electron chi connectivity index (χ0n) is 21.2. The lowest BCUT2D eigenvalue weighted by Gasteiger charge is -2.14. The molecule has 7 aromatic rings. The van der Waals surface area contributed by atoms with E-state index in [0.717, 1.165) is 21.9 Å². The summed E-state index contributed by atoms with van der Waals surface area (Å²) in [5.41, 5.74) is 9.77. The van der Waals surface area contributed by atoms with E-state index in [-0.39, 0.29) is 0 Å². The van der Waals surface area contributed by atoms with E-state index < -0.39 is 0 Å². The molecule has 0 radical (unpaired) electrons. The quantitative estimate of drug-likeness (QED) is 0.220. The van der Waals surface area contributed by atoms with Gasteiger partial charge in [0.1, 0.15) is 0 Å². The first-order chi connectivity index (χ1) is 19.3. The molecule has 1 atom stereocenters. The number of para-hydroxylation sites is 1. The third-order valence-corrected chi connectivity index (χ3v) is 8.78. The van der Waals surface area contributed by atoms with E-state index in [2.05, 4.69) is 153 Å². The molecule has 0 fully saturated rings. The molecule has 2 aromatic heterocycles. The maximum absolute atomic E-state index is 3.82. The van der Waals surface area contributed by atoms with Crippen LogP contribution in [0.15, 0.2) is 132 Å². The molecule has 2 heterocycles. The van der Waals surface area contributed by atoms with Gasteiger partial charge in [0.25, 0.3) is 0 Å². The Morgan fingerprint density at radius 2 is 1.46 bits per heavy atom. The van der Waals surface area contributed by atoms with Gasteiger partial charge in [-0.25, -0.2) is 0 Å². The third-order valence-electron chi connectivity index (χ3n) is 8.12. The van der Waals surface area contributed by atoms with Crippen LogP contribution >= 0.6 is 15.9 Å². The molecule has 5 aromatic carbocycles. The number of benzene rings is 5. The summed E-state index contributed by atoms with van der Waals surface area (Å²) in [6, 6.07) is 37.6. The van der Waals surface area contributed by atoms with Crippen molar-refractivity contribution in [3.8, 4) is 16.8 Å². The maximum atomic E-state index is 3.82. The van der Waals surface area contributed by atoms with Gasteiger partial charge in [0.05, 0.1) is 11.0 Å². The van der Waals surface area contributed by atoms with E-state index in [1.165, 1.54) is 55.0 Å². The first-order valence-corrected chi connectivity index (χ1v) is 14.2. The second kappa shape index (κ2) is 8.86. The summed E-state index contributed by atoms with van der Waals surface area (Å²) in [6.45, 7) is 0. The normalized spacial score (nSPS) is 15.3. The molecule has 39 heavy (non-hydrogen) atoms. The van der Waals surface area contributed by atoms with Crippen molar-refractivity contribution >= 4 is 59.5 Å². The highest BCUT2D eigenvalue weighted by Crippen LogP contribution is 2.41. The van der Waals surface area contributed by atoms with Crippen molar-refractivity contribution in [1.29, 1.82) is 0 Å². The summed E-state index contributed by atoms with van der Waals surface area (Å²) in [4.78, 5) is 3.62. The van der Waals surface area contributed by atoms with Crippen molar-refractivity contribution in [2.75, 3.05) is 0 Å². The number of aromatic nitrogens is 2. The molecule has 1 aliphatic carbocycles. The monoisotopic (exact) mass is 564 g/mol. The van der Waals surface area contributed by atoms with Crippen molar-refractivity contribution in [2.45, 2.75) is 12.3 Å². The summed E-state index contributed by atoms with van der Waals surface area (Å²) < 4.78 is 3.51.